The van der Waals surface area contributed by atoms with E-state index in [4.69, 9.17) is 0 Å². The van der Waals surface area contributed by atoms with Gasteiger partial charge < -0.3 is 10.1 Å². The van der Waals surface area contributed by atoms with Crippen molar-refractivity contribution in [2.75, 3.05) is 0 Å². The summed E-state index contributed by atoms with van der Waals surface area (Å²) in [5.41, 5.74) is 2.74. The number of nitrogens with one attached hydrogen (secondary N) is 1. The number of aromatic nitrogens is 3. The first-order chi connectivity index (χ1) is 11.5. The predicted octanol–water partition coefficient (Wildman–Crippen LogP) is 3.12. The van der Waals surface area contributed by atoms with Crippen LogP contribution in [0.2, 0.25) is 0 Å². The second kappa shape index (κ2) is 5.33. The van der Waals surface area contributed by atoms with E-state index in [1.807, 2.05) is 18.2 Å². The van der Waals surface area contributed by atoms with Gasteiger partial charge in [-0.3, -0.25) is 9.55 Å². The normalized spacial score (nSPS) is 19.4. The van der Waals surface area contributed by atoms with Crippen molar-refractivity contribution in [3.8, 4) is 17.1 Å². The molecule has 3 aromatic rings. The molecule has 0 spiro atoms. The minimum Gasteiger partial charge on any atom is -0.493 e. The van der Waals surface area contributed by atoms with Gasteiger partial charge >= 0.3 is 5.69 Å². The van der Waals surface area contributed by atoms with Crippen LogP contribution >= 0.6 is 0 Å². The minimum absolute atomic E-state index is 0.0479. The fourth-order valence-electron chi connectivity index (χ4n) is 3.06. The average Bonchev–Trinajstić information content (AvgIpc) is 3.29. The molecule has 0 amide bonds. The quantitative estimate of drug-likeness (QED) is 0.777. The highest BCUT2D eigenvalue weighted by Gasteiger charge is 2.42. The molecule has 0 radical (unpaired) electrons. The van der Waals surface area contributed by atoms with Crippen molar-refractivity contribution >= 4 is 0 Å². The maximum atomic E-state index is 13.7. The van der Waals surface area contributed by atoms with Gasteiger partial charge in [-0.2, -0.15) is 0 Å². The van der Waals surface area contributed by atoms with E-state index < -0.39 is 0 Å². The summed E-state index contributed by atoms with van der Waals surface area (Å²) in [5, 5.41) is 9.73. The monoisotopic (exact) mass is 325 g/mol. The Morgan fingerprint density at radius 1 is 1.33 bits per heavy atom. The number of hydrogen-bond acceptors (Lipinski definition) is 3. The van der Waals surface area contributed by atoms with Gasteiger partial charge in [-0.15, -0.1) is 0 Å². The third-order valence-electron chi connectivity index (χ3n) is 4.56. The van der Waals surface area contributed by atoms with Crippen LogP contribution in [0.15, 0.2) is 47.5 Å². The number of aryl methyl sites for hydroxylation is 1. The Labute approximate surface area is 137 Å². The Hall–Kier alpha value is -2.89. The molecule has 1 fully saturated rings. The molecule has 5 nitrogen and oxygen atoms in total. The molecule has 2 N–H and O–H groups in total. The number of nitrogens with zero attached hydrogens (tertiary/aromatic N) is 2. The zero-order valence-electron chi connectivity index (χ0n) is 13.0. The molecule has 0 bridgehead atoms. The summed E-state index contributed by atoms with van der Waals surface area (Å²) in [6.07, 6.45) is 3.84. The predicted molar refractivity (Wildman–Crippen MR) is 87.5 cm³/mol. The van der Waals surface area contributed by atoms with E-state index in [1.54, 1.807) is 19.2 Å². The van der Waals surface area contributed by atoms with Gasteiger partial charge in [-0.25, -0.2) is 9.18 Å². The largest absolute Gasteiger partial charge is 0.493 e. The third-order valence-corrected chi connectivity index (χ3v) is 4.56. The van der Waals surface area contributed by atoms with E-state index in [9.17, 15) is 14.3 Å². The molecule has 1 saturated carbocycles. The van der Waals surface area contributed by atoms with E-state index >= 15 is 0 Å². The molecule has 1 aromatic carbocycles. The molecule has 0 saturated heterocycles. The Balaban J connectivity index is 1.57. The molecule has 2 aromatic heterocycles. The van der Waals surface area contributed by atoms with Crippen LogP contribution in [-0.4, -0.2) is 19.6 Å². The van der Waals surface area contributed by atoms with Gasteiger partial charge in [-0.05, 0) is 36.6 Å². The van der Waals surface area contributed by atoms with E-state index in [0.717, 1.165) is 17.5 Å². The van der Waals surface area contributed by atoms with Crippen molar-refractivity contribution in [3.05, 3.63) is 70.2 Å². The topological polar surface area (TPSA) is 70.9 Å². The molecule has 1 aliphatic rings. The van der Waals surface area contributed by atoms with Gasteiger partial charge in [0.05, 0.1) is 11.9 Å². The molecule has 2 atom stereocenters. The van der Waals surface area contributed by atoms with Crippen molar-refractivity contribution in [2.24, 2.45) is 0 Å². The first-order valence-corrected chi connectivity index (χ1v) is 7.76. The fraction of sp³-hybridized carbons (Fsp3) is 0.222. The lowest BCUT2D eigenvalue weighted by molar-refractivity contribution is 0.413. The number of pyridine rings is 1. The molecule has 6 heteroatoms. The van der Waals surface area contributed by atoms with Crippen molar-refractivity contribution in [2.45, 2.75) is 25.3 Å². The summed E-state index contributed by atoms with van der Waals surface area (Å²) in [6, 6.07) is 8.81. The number of halogens is 1. The SMILES string of the molecule is Cc1ccc(-c2ccc([C@@H]3C[C@H]3n3c(O)c[nH]c3=O)cn2)cc1F. The number of H-pyrrole nitrogens is 1. The third kappa shape index (κ3) is 2.40. The zero-order chi connectivity index (χ0) is 16.8. The van der Waals surface area contributed by atoms with Crippen molar-refractivity contribution in [1.82, 2.24) is 14.5 Å². The Bertz CT molecular complexity index is 959. The van der Waals surface area contributed by atoms with Crippen LogP contribution in [0.4, 0.5) is 4.39 Å². The number of imidazole rings is 1. The van der Waals surface area contributed by atoms with Crippen LogP contribution in [0, 0.1) is 12.7 Å². The number of hydrogen-bond donors (Lipinski definition) is 2. The van der Waals surface area contributed by atoms with Crippen LogP contribution in [-0.2, 0) is 0 Å². The van der Waals surface area contributed by atoms with Gasteiger partial charge in [0.1, 0.15) is 5.82 Å². The number of aromatic amines is 1. The van der Waals surface area contributed by atoms with Crippen molar-refractivity contribution in [1.29, 1.82) is 0 Å². The first kappa shape index (κ1) is 14.7. The number of rotatable bonds is 3. The first-order valence-electron chi connectivity index (χ1n) is 7.76. The van der Waals surface area contributed by atoms with Crippen LogP contribution in [0.5, 0.6) is 5.88 Å². The van der Waals surface area contributed by atoms with Crippen molar-refractivity contribution in [3.63, 3.8) is 0 Å². The maximum absolute atomic E-state index is 13.7. The maximum Gasteiger partial charge on any atom is 0.328 e. The fourth-order valence-corrected chi connectivity index (χ4v) is 3.06. The number of benzene rings is 1. The smallest absolute Gasteiger partial charge is 0.328 e. The lowest BCUT2D eigenvalue weighted by atomic mass is 10.1. The van der Waals surface area contributed by atoms with Gasteiger partial charge in [-0.1, -0.05) is 18.2 Å². The molecule has 2 heterocycles. The summed E-state index contributed by atoms with van der Waals surface area (Å²) in [5.74, 6) is -0.143. The minimum atomic E-state index is -0.306. The van der Waals surface area contributed by atoms with Gasteiger partial charge in [0.25, 0.3) is 0 Å². The second-order valence-corrected chi connectivity index (χ2v) is 6.17. The van der Waals surface area contributed by atoms with E-state index in [2.05, 4.69) is 9.97 Å². The summed E-state index contributed by atoms with van der Waals surface area (Å²) >= 11 is 0. The standard InChI is InChI=1S/C18H16FN3O2/c1-10-2-3-11(6-14(10)19)15-5-4-12(8-20-15)13-7-16(13)22-17(23)9-21-18(22)24/h2-6,8-9,13,16,23H,7H2,1H3,(H,21,24)/t13-,16+/m0/s1. The summed E-state index contributed by atoms with van der Waals surface area (Å²) in [6.45, 7) is 1.72. The molecule has 0 unspecified atom stereocenters. The highest BCUT2D eigenvalue weighted by atomic mass is 19.1. The van der Waals surface area contributed by atoms with E-state index in [0.29, 0.717) is 11.3 Å². The Kier molecular flexibility index (Phi) is 3.26. The van der Waals surface area contributed by atoms with E-state index in [1.165, 1.54) is 16.8 Å². The lowest BCUT2D eigenvalue weighted by Crippen LogP contribution is -2.15. The molecule has 1 aliphatic carbocycles. The Morgan fingerprint density at radius 2 is 2.17 bits per heavy atom. The number of aromatic hydroxyl groups is 1. The van der Waals surface area contributed by atoms with Crippen LogP contribution in [0.1, 0.15) is 29.5 Å². The summed E-state index contributed by atoms with van der Waals surface area (Å²) in [4.78, 5) is 18.6. The van der Waals surface area contributed by atoms with E-state index in [-0.39, 0.29) is 29.3 Å². The van der Waals surface area contributed by atoms with Crippen molar-refractivity contribution < 1.29 is 9.50 Å². The molecule has 24 heavy (non-hydrogen) atoms. The average molecular weight is 325 g/mol. The molecule has 122 valence electrons. The highest BCUT2D eigenvalue weighted by Crippen LogP contribution is 2.51. The second-order valence-electron chi connectivity index (χ2n) is 6.17. The summed E-state index contributed by atoms with van der Waals surface area (Å²) < 4.78 is 15.0. The van der Waals surface area contributed by atoms with Crippen LogP contribution in [0.25, 0.3) is 11.3 Å². The summed E-state index contributed by atoms with van der Waals surface area (Å²) in [7, 11) is 0. The van der Waals surface area contributed by atoms with Gasteiger partial charge in [0, 0.05) is 23.7 Å². The van der Waals surface area contributed by atoms with Crippen LogP contribution < -0.4 is 5.69 Å². The van der Waals surface area contributed by atoms with Crippen LogP contribution in [0.3, 0.4) is 0 Å². The zero-order valence-corrected chi connectivity index (χ0v) is 13.0. The lowest BCUT2D eigenvalue weighted by Gasteiger charge is -2.05. The molecule has 4 rings (SSSR count). The van der Waals surface area contributed by atoms with Gasteiger partial charge in [0.2, 0.25) is 5.88 Å². The molecule has 0 aliphatic heterocycles. The molecular weight excluding hydrogens is 309 g/mol. The molecular formula is C18H16FN3O2. The highest BCUT2D eigenvalue weighted by molar-refractivity contribution is 5.59. The van der Waals surface area contributed by atoms with Gasteiger partial charge in [0.15, 0.2) is 0 Å². The Morgan fingerprint density at radius 3 is 2.79 bits per heavy atom.